The highest BCUT2D eigenvalue weighted by molar-refractivity contribution is 7.66. The van der Waals surface area contributed by atoms with Gasteiger partial charge < -0.3 is 78.7 Å². The third-order valence-electron chi connectivity index (χ3n) is 12.1. The fourth-order valence-electron chi connectivity index (χ4n) is 8.78. The number of fused-ring (bicyclic) bond motifs is 2. The molecule has 0 aliphatic carbocycles. The number of nitrogens with one attached hydrogen (secondary N) is 3. The lowest BCUT2D eigenvalue weighted by atomic mass is 9.99. The van der Waals surface area contributed by atoms with Crippen molar-refractivity contribution in [3.8, 4) is 0 Å². The number of phosphoric ester groups is 2. The Morgan fingerprint density at radius 3 is 2.14 bits per heavy atom. The molecule has 0 radical (unpaired) electrons. The number of aliphatic hydroxyl groups excluding tert-OH is 3. The standard InChI is InChI=1S/C36H52N12O24P4/c1-15(2)41-35-43-30-22(31(53)44-35)45(3)14-48(30)32-23(50)16(8-63-4)17(68-32)9-66-74(57,58)71-76(61,62)72-75(59,60)67-11-19-27(26(64-5)34(70-19)47-13-40-21-28(37)38-12-39-29(21)47)73(55,56)65-10-18-24(51)25(52)33(69-18)46-7-6-20(49)42-36(46)54/h6-7,12-19,23-27,32-34,50-52H,8-11H2,1-5H3,(H8-,37,38,39,41,42,43,44,49,53,54,55,56,57,58,59,60,61,62)/t16-,17-,18-,19?,23-,24-,25-,26-,27-,32-,33-,34-/m1/s1. The summed E-state index contributed by atoms with van der Waals surface area (Å²) < 4.78 is 110. The van der Waals surface area contributed by atoms with E-state index >= 15 is 0 Å². The maximum atomic E-state index is 14.2. The number of nitrogens with zero attached hydrogens (tertiary/aromatic N) is 8. The Bertz CT molecular complexity index is 3320. The zero-order chi connectivity index (χ0) is 55.4. The highest BCUT2D eigenvalue weighted by atomic mass is 31.3. The lowest BCUT2D eigenvalue weighted by Gasteiger charge is -2.35. The fraction of sp³-hybridized carbons (Fsp3) is 0.611. The predicted octanol–water partition coefficient (Wildman–Crippen LogP) is -3.30. The number of aliphatic hydroxyl groups is 3. The number of rotatable bonds is 22. The number of anilines is 2. The molecule has 8 rings (SSSR count). The van der Waals surface area contributed by atoms with Crippen molar-refractivity contribution in [2.75, 3.05) is 51.7 Å². The molecule has 0 spiro atoms. The molecule has 420 valence electrons. The number of hydrogen-bond donors (Lipinski definition) is 10. The van der Waals surface area contributed by atoms with Gasteiger partial charge in [-0.25, -0.2) is 38.0 Å². The van der Waals surface area contributed by atoms with Gasteiger partial charge in [-0.3, -0.25) is 42.3 Å². The molecule has 0 bridgehead atoms. The first kappa shape index (κ1) is 57.6. The average molecular weight is 1160 g/mol. The molecule has 5 aromatic heterocycles. The maximum absolute atomic E-state index is 14.2. The monoisotopic (exact) mass is 1160 g/mol. The lowest BCUT2D eigenvalue weighted by molar-refractivity contribution is -0.745. The van der Waals surface area contributed by atoms with Crippen molar-refractivity contribution in [1.82, 2.24) is 43.6 Å². The van der Waals surface area contributed by atoms with E-state index in [0.29, 0.717) is 0 Å². The summed E-state index contributed by atoms with van der Waals surface area (Å²) >= 11 is 0. The number of aromatic nitrogens is 10. The number of methoxy groups -OCH3 is 2. The van der Waals surface area contributed by atoms with E-state index in [1.807, 2.05) is 4.98 Å². The van der Waals surface area contributed by atoms with Gasteiger partial charge >= 0.3 is 34.8 Å². The molecule has 40 heteroatoms. The van der Waals surface area contributed by atoms with Gasteiger partial charge in [-0.05, 0) is 13.8 Å². The van der Waals surface area contributed by atoms with Gasteiger partial charge in [0.1, 0.15) is 50.0 Å². The largest absolute Gasteiger partial charge is 0.778 e. The van der Waals surface area contributed by atoms with Crippen LogP contribution in [0.2, 0.25) is 0 Å². The highest BCUT2D eigenvalue weighted by Gasteiger charge is 2.55. The summed E-state index contributed by atoms with van der Waals surface area (Å²) in [6.45, 7) is 0.0167. The minimum atomic E-state index is -6.21. The second-order valence-corrected chi connectivity index (χ2v) is 24.2. The molecule has 3 aliphatic rings. The molecular formula is C36H52N12O24P4. The molecule has 5 aromatic rings. The molecule has 0 amide bonds. The van der Waals surface area contributed by atoms with Gasteiger partial charge in [0.25, 0.3) is 17.1 Å². The Kier molecular flexibility index (Phi) is 16.9. The van der Waals surface area contributed by atoms with Crippen molar-refractivity contribution in [1.29, 1.82) is 0 Å². The molecule has 36 nitrogen and oxygen atoms in total. The van der Waals surface area contributed by atoms with Crippen molar-refractivity contribution in [3.05, 3.63) is 62.4 Å². The van der Waals surface area contributed by atoms with Crippen LogP contribution in [0.15, 0.2) is 45.6 Å². The summed E-state index contributed by atoms with van der Waals surface area (Å²) in [4.78, 5) is 104. The average Bonchev–Trinajstić information content (AvgIpc) is 4.13. The van der Waals surface area contributed by atoms with Gasteiger partial charge in [0.05, 0.1) is 57.7 Å². The zero-order valence-electron chi connectivity index (χ0n) is 40.2. The zero-order valence-corrected chi connectivity index (χ0v) is 43.8. The van der Waals surface area contributed by atoms with Crippen molar-refractivity contribution in [3.63, 3.8) is 0 Å². The van der Waals surface area contributed by atoms with Gasteiger partial charge in [0.2, 0.25) is 11.7 Å². The molecule has 0 saturated carbocycles. The van der Waals surface area contributed by atoms with Crippen LogP contribution in [0.5, 0.6) is 0 Å². The maximum Gasteiger partial charge on any atom is 0.490 e. The van der Waals surface area contributed by atoms with Crippen LogP contribution < -0.4 is 37.3 Å². The van der Waals surface area contributed by atoms with Crippen LogP contribution in [0.25, 0.3) is 22.3 Å². The van der Waals surface area contributed by atoms with Crippen molar-refractivity contribution < 1.29 is 104 Å². The second-order valence-electron chi connectivity index (χ2n) is 17.6. The molecule has 3 aliphatic heterocycles. The topological polar surface area (TPSA) is 496 Å². The Balaban J connectivity index is 0.956. The van der Waals surface area contributed by atoms with Crippen LogP contribution in [-0.2, 0) is 71.2 Å². The van der Waals surface area contributed by atoms with Crippen molar-refractivity contribution in [2.24, 2.45) is 13.0 Å². The van der Waals surface area contributed by atoms with E-state index in [2.05, 4.69) is 38.9 Å². The number of hydrogen-bond acceptors (Lipinski definition) is 27. The predicted molar refractivity (Wildman–Crippen MR) is 248 cm³/mol. The SMILES string of the molecule is COC[C@H]1[C@@H](O)[C@H]([n+]2cn(C)c3c(=O)[nH]c(NC(C)C)nc32)O[C@@H]1COP(=O)(O)OP(=O)(O)OP(=O)(O)OCC1O[C@@H](n2cnc3c(N)ncnc32)[C@H](OC)[C@@H]1P(=O)([O-])OC[C@H]1O[C@@H](n2ccc(=O)[nH]c2=O)[C@H](O)[C@@H]1O. The first-order valence-electron chi connectivity index (χ1n) is 22.3. The molecule has 8 heterocycles. The Labute approximate surface area is 425 Å². The van der Waals surface area contributed by atoms with Crippen molar-refractivity contribution >= 4 is 65.2 Å². The number of nitrogens with two attached hydrogens (primary N) is 1. The van der Waals surface area contributed by atoms with Gasteiger partial charge in [0.15, 0.2) is 30.2 Å². The van der Waals surface area contributed by atoms with E-state index in [1.165, 1.54) is 29.6 Å². The third-order valence-corrected chi connectivity index (χ3v) is 18.2. The highest BCUT2D eigenvalue weighted by Crippen LogP contribution is 2.68. The first-order chi connectivity index (χ1) is 35.6. The number of ether oxygens (including phenoxy) is 5. The molecule has 76 heavy (non-hydrogen) atoms. The fourth-order valence-corrected chi connectivity index (χ4v) is 14.0. The van der Waals surface area contributed by atoms with E-state index in [-0.39, 0.29) is 46.7 Å². The number of phosphoric acid groups is 3. The molecule has 3 fully saturated rings. The van der Waals surface area contributed by atoms with Crippen LogP contribution in [0.1, 0.15) is 32.5 Å². The summed E-state index contributed by atoms with van der Waals surface area (Å²) in [5, 5.41) is 35.8. The third kappa shape index (κ3) is 12.0. The Morgan fingerprint density at radius 1 is 0.842 bits per heavy atom. The first-order valence-corrected chi connectivity index (χ1v) is 28.4. The smallest absolute Gasteiger partial charge is 0.490 e. The molecule has 16 atom stereocenters. The lowest BCUT2D eigenvalue weighted by Crippen LogP contribution is -2.45. The summed E-state index contributed by atoms with van der Waals surface area (Å²) in [5.74, 6) is -1.04. The van der Waals surface area contributed by atoms with Crippen LogP contribution >= 0.6 is 31.1 Å². The number of aryl methyl sites for hydroxylation is 1. The normalized spacial score (nSPS) is 30.2. The van der Waals surface area contributed by atoms with Crippen molar-refractivity contribution in [2.45, 2.75) is 87.0 Å². The molecule has 0 aromatic carbocycles. The van der Waals surface area contributed by atoms with E-state index in [1.54, 1.807) is 13.8 Å². The molecule has 3 saturated heterocycles. The van der Waals surface area contributed by atoms with Gasteiger partial charge in [-0.2, -0.15) is 8.62 Å². The summed E-state index contributed by atoms with van der Waals surface area (Å²) in [7, 11) is -19.7. The van der Waals surface area contributed by atoms with Gasteiger partial charge in [-0.15, -0.1) is 0 Å². The van der Waals surface area contributed by atoms with Crippen LogP contribution in [0, 0.1) is 5.92 Å². The van der Waals surface area contributed by atoms with Crippen LogP contribution in [0.4, 0.5) is 11.8 Å². The number of imidazole rings is 2. The van der Waals surface area contributed by atoms with E-state index in [4.69, 9.17) is 43.0 Å². The quantitative estimate of drug-likeness (QED) is 0.0240. The molecular weight excluding hydrogens is 1110 g/mol. The Hall–Kier alpha value is -4.58. The van der Waals surface area contributed by atoms with E-state index in [9.17, 15) is 67.5 Å². The second kappa shape index (κ2) is 22.3. The summed E-state index contributed by atoms with van der Waals surface area (Å²) in [6.07, 6.45) is -11.9. The number of H-pyrrole nitrogens is 2. The Morgan fingerprint density at radius 2 is 1.50 bits per heavy atom. The minimum absolute atomic E-state index is 0.0233. The molecule has 5 unspecified atom stereocenters. The van der Waals surface area contributed by atoms with E-state index < -0.39 is 141 Å². The number of nitrogen functional groups attached to an aromatic ring is 1. The summed E-state index contributed by atoms with van der Waals surface area (Å²) in [6, 6.07) is 0.774. The molecule has 11 N–H and O–H groups in total. The van der Waals surface area contributed by atoms with Crippen LogP contribution in [-0.4, -0.2) is 169 Å². The van der Waals surface area contributed by atoms with Gasteiger partial charge in [-0.1, -0.05) is 4.98 Å². The minimum Gasteiger partial charge on any atom is -0.778 e. The number of aromatic amines is 2. The summed E-state index contributed by atoms with van der Waals surface area (Å²) in [5.41, 5.74) is 1.63. The van der Waals surface area contributed by atoms with Gasteiger partial charge in [0, 0.05) is 38.4 Å². The van der Waals surface area contributed by atoms with Crippen LogP contribution in [0.3, 0.4) is 0 Å². The van der Waals surface area contributed by atoms with E-state index in [0.717, 1.165) is 41.2 Å².